The zero-order valence-electron chi connectivity index (χ0n) is 10.5. The molecule has 0 bridgehead atoms. The second kappa shape index (κ2) is 7.67. The molecule has 0 spiro atoms. The van der Waals surface area contributed by atoms with Crippen LogP contribution >= 0.6 is 0 Å². The van der Waals surface area contributed by atoms with E-state index >= 15 is 0 Å². The van der Waals surface area contributed by atoms with Gasteiger partial charge in [0.05, 0.1) is 12.7 Å². The number of ether oxygens (including phenoxy) is 1. The predicted molar refractivity (Wildman–Crippen MR) is 67.4 cm³/mol. The Balaban J connectivity index is 2.45. The lowest BCUT2D eigenvalue weighted by Crippen LogP contribution is -2.52. The van der Waals surface area contributed by atoms with Crippen LogP contribution in [0, 0.1) is 12.3 Å². The van der Waals surface area contributed by atoms with Crippen LogP contribution in [0.4, 0.5) is 0 Å². The number of nitrogens with one attached hydrogen (secondary N) is 1. The molecule has 92 valence electrons. The summed E-state index contributed by atoms with van der Waals surface area (Å²) in [5, 5.41) is 3.48. The molecule has 16 heavy (non-hydrogen) atoms. The third-order valence-corrected chi connectivity index (χ3v) is 3.14. The van der Waals surface area contributed by atoms with Gasteiger partial charge >= 0.3 is 0 Å². The van der Waals surface area contributed by atoms with E-state index < -0.39 is 0 Å². The van der Waals surface area contributed by atoms with E-state index in [-0.39, 0.29) is 0 Å². The number of nitrogens with zero attached hydrogens (tertiary/aromatic N) is 1. The Hall–Kier alpha value is -0.560. The van der Waals surface area contributed by atoms with Gasteiger partial charge in [0, 0.05) is 25.6 Å². The Kier molecular flexibility index (Phi) is 6.47. The molecule has 2 unspecified atom stereocenters. The second-order valence-electron chi connectivity index (χ2n) is 4.21. The van der Waals surface area contributed by atoms with Crippen LogP contribution in [0.5, 0.6) is 0 Å². The third-order valence-electron chi connectivity index (χ3n) is 3.14. The molecule has 3 nitrogen and oxygen atoms in total. The van der Waals surface area contributed by atoms with Crippen molar-refractivity contribution in [2.75, 3.05) is 32.8 Å². The number of rotatable bonds is 6. The van der Waals surface area contributed by atoms with Gasteiger partial charge in [0.1, 0.15) is 0 Å². The number of hydrogen-bond donors (Lipinski definition) is 1. The molecule has 0 aromatic heterocycles. The highest BCUT2D eigenvalue weighted by Gasteiger charge is 2.26. The van der Waals surface area contributed by atoms with Crippen molar-refractivity contribution < 1.29 is 4.74 Å². The van der Waals surface area contributed by atoms with E-state index in [9.17, 15) is 0 Å². The summed E-state index contributed by atoms with van der Waals surface area (Å²) in [4.78, 5) is 2.44. The fourth-order valence-electron chi connectivity index (χ4n) is 2.18. The van der Waals surface area contributed by atoms with Crippen LogP contribution in [0.25, 0.3) is 0 Å². The van der Waals surface area contributed by atoms with Gasteiger partial charge in [0.2, 0.25) is 0 Å². The SMILES string of the molecule is C#CCCC(NCC)C1CN(CC)CCO1. The molecule has 1 rings (SSSR count). The lowest BCUT2D eigenvalue weighted by atomic mass is 10.0. The minimum absolute atomic E-state index is 0.294. The summed E-state index contributed by atoms with van der Waals surface area (Å²) >= 11 is 0. The lowest BCUT2D eigenvalue weighted by molar-refractivity contribution is -0.0456. The summed E-state index contributed by atoms with van der Waals surface area (Å²) in [5.74, 6) is 2.71. The first kappa shape index (κ1) is 13.5. The molecular formula is C13H24N2O. The zero-order chi connectivity index (χ0) is 11.8. The first-order chi connectivity index (χ1) is 7.81. The van der Waals surface area contributed by atoms with Crippen molar-refractivity contribution in [2.24, 2.45) is 0 Å². The second-order valence-corrected chi connectivity index (χ2v) is 4.21. The molecule has 0 amide bonds. The Bertz CT molecular complexity index is 224. The van der Waals surface area contributed by atoms with E-state index in [4.69, 9.17) is 11.2 Å². The molecule has 1 saturated heterocycles. The topological polar surface area (TPSA) is 24.5 Å². The predicted octanol–water partition coefficient (Wildman–Crippen LogP) is 1.10. The number of terminal acetylenes is 1. The maximum Gasteiger partial charge on any atom is 0.0855 e. The average Bonchev–Trinajstić information content (AvgIpc) is 2.34. The number of hydrogen-bond acceptors (Lipinski definition) is 3. The minimum atomic E-state index is 0.294. The number of morpholine rings is 1. The quantitative estimate of drug-likeness (QED) is 0.684. The van der Waals surface area contributed by atoms with Crippen LogP contribution in [-0.4, -0.2) is 49.8 Å². The van der Waals surface area contributed by atoms with Crippen molar-refractivity contribution in [2.45, 2.75) is 38.8 Å². The van der Waals surface area contributed by atoms with E-state index in [0.29, 0.717) is 12.1 Å². The zero-order valence-corrected chi connectivity index (χ0v) is 10.5. The van der Waals surface area contributed by atoms with E-state index in [0.717, 1.165) is 45.6 Å². The Labute approximate surface area is 99.5 Å². The van der Waals surface area contributed by atoms with Crippen LogP contribution in [-0.2, 0) is 4.74 Å². The summed E-state index contributed by atoms with van der Waals surface area (Å²) < 4.78 is 5.85. The Morgan fingerprint density at radius 2 is 2.38 bits per heavy atom. The van der Waals surface area contributed by atoms with Gasteiger partial charge in [0.15, 0.2) is 0 Å². The van der Waals surface area contributed by atoms with Crippen molar-refractivity contribution >= 4 is 0 Å². The monoisotopic (exact) mass is 224 g/mol. The van der Waals surface area contributed by atoms with Crippen LogP contribution in [0.3, 0.4) is 0 Å². The molecule has 2 atom stereocenters. The summed E-state index contributed by atoms with van der Waals surface area (Å²) in [5.41, 5.74) is 0. The van der Waals surface area contributed by atoms with Crippen LogP contribution in [0.15, 0.2) is 0 Å². The van der Waals surface area contributed by atoms with E-state index in [1.165, 1.54) is 0 Å². The van der Waals surface area contributed by atoms with Crippen LogP contribution in [0.1, 0.15) is 26.7 Å². The average molecular weight is 224 g/mol. The van der Waals surface area contributed by atoms with Crippen molar-refractivity contribution in [1.82, 2.24) is 10.2 Å². The van der Waals surface area contributed by atoms with Crippen molar-refractivity contribution in [1.29, 1.82) is 0 Å². The first-order valence-electron chi connectivity index (χ1n) is 6.32. The molecule has 0 saturated carbocycles. The maximum atomic E-state index is 5.85. The fraction of sp³-hybridized carbons (Fsp3) is 0.846. The molecular weight excluding hydrogens is 200 g/mol. The third kappa shape index (κ3) is 4.13. The fourth-order valence-corrected chi connectivity index (χ4v) is 2.18. The highest BCUT2D eigenvalue weighted by molar-refractivity contribution is 4.89. The van der Waals surface area contributed by atoms with Gasteiger partial charge in [-0.1, -0.05) is 13.8 Å². The summed E-state index contributed by atoms with van der Waals surface area (Å²) in [6, 6.07) is 0.399. The first-order valence-corrected chi connectivity index (χ1v) is 6.32. The molecule has 0 aromatic carbocycles. The molecule has 1 aliphatic heterocycles. The molecule has 1 N–H and O–H groups in total. The normalized spacial score (nSPS) is 23.9. The van der Waals surface area contributed by atoms with E-state index in [1.807, 2.05) is 0 Å². The molecule has 1 fully saturated rings. The van der Waals surface area contributed by atoms with Gasteiger partial charge in [-0.05, 0) is 19.5 Å². The van der Waals surface area contributed by atoms with Crippen LogP contribution < -0.4 is 5.32 Å². The van der Waals surface area contributed by atoms with Gasteiger partial charge in [-0.3, -0.25) is 4.90 Å². The largest absolute Gasteiger partial charge is 0.374 e. The summed E-state index contributed by atoms with van der Waals surface area (Å²) in [7, 11) is 0. The van der Waals surface area contributed by atoms with Gasteiger partial charge in [-0.25, -0.2) is 0 Å². The van der Waals surface area contributed by atoms with E-state index in [1.54, 1.807) is 0 Å². The van der Waals surface area contributed by atoms with Crippen molar-refractivity contribution in [3.8, 4) is 12.3 Å². The standard InChI is InChI=1S/C13H24N2O/c1-4-7-8-12(14-5-2)13-11-15(6-3)9-10-16-13/h1,12-14H,5-11H2,2-3H3. The molecule has 0 radical (unpaired) electrons. The van der Waals surface area contributed by atoms with Gasteiger partial charge in [-0.2, -0.15) is 0 Å². The molecule has 1 heterocycles. The van der Waals surface area contributed by atoms with Crippen LogP contribution in [0.2, 0.25) is 0 Å². The maximum absolute atomic E-state index is 5.85. The molecule has 3 heteroatoms. The molecule has 0 aromatic rings. The Morgan fingerprint density at radius 3 is 3.00 bits per heavy atom. The smallest absolute Gasteiger partial charge is 0.0855 e. The Morgan fingerprint density at radius 1 is 1.56 bits per heavy atom. The van der Waals surface area contributed by atoms with Gasteiger partial charge in [-0.15, -0.1) is 12.3 Å². The van der Waals surface area contributed by atoms with Gasteiger partial charge < -0.3 is 10.1 Å². The summed E-state index contributed by atoms with van der Waals surface area (Å²) in [6.07, 6.45) is 7.45. The molecule has 1 aliphatic rings. The number of likely N-dealkylation sites (N-methyl/N-ethyl adjacent to an activating group) is 2. The minimum Gasteiger partial charge on any atom is -0.374 e. The summed E-state index contributed by atoms with van der Waals surface area (Å²) in [6.45, 7) is 9.33. The molecule has 0 aliphatic carbocycles. The lowest BCUT2D eigenvalue weighted by Gasteiger charge is -2.36. The van der Waals surface area contributed by atoms with Crippen molar-refractivity contribution in [3.63, 3.8) is 0 Å². The van der Waals surface area contributed by atoms with Gasteiger partial charge in [0.25, 0.3) is 0 Å². The van der Waals surface area contributed by atoms with E-state index in [2.05, 4.69) is 30.0 Å². The highest BCUT2D eigenvalue weighted by Crippen LogP contribution is 2.12. The highest BCUT2D eigenvalue weighted by atomic mass is 16.5. The van der Waals surface area contributed by atoms with Crippen molar-refractivity contribution in [3.05, 3.63) is 0 Å².